The summed E-state index contributed by atoms with van der Waals surface area (Å²) in [5, 5.41) is 0. The normalized spacial score (nSPS) is 12.5. The van der Waals surface area contributed by atoms with E-state index in [0.29, 0.717) is 30.9 Å². The minimum atomic E-state index is -0.921. The summed E-state index contributed by atoms with van der Waals surface area (Å²) in [4.78, 5) is 22.7. The van der Waals surface area contributed by atoms with Gasteiger partial charge in [0.1, 0.15) is 5.94 Å². The van der Waals surface area contributed by atoms with Gasteiger partial charge in [0.2, 0.25) is 0 Å². The quantitative estimate of drug-likeness (QED) is 0.366. The van der Waals surface area contributed by atoms with Gasteiger partial charge in [-0.2, -0.15) is 0 Å². The molecular weight excluding hydrogens is 244 g/mol. The van der Waals surface area contributed by atoms with Crippen LogP contribution in [0.25, 0.3) is 0 Å². The Labute approximate surface area is 115 Å². The van der Waals surface area contributed by atoms with Gasteiger partial charge in [-0.3, -0.25) is 0 Å². The highest BCUT2D eigenvalue weighted by atomic mass is 16.6. The Morgan fingerprint density at radius 1 is 1.26 bits per heavy atom. The fourth-order valence-corrected chi connectivity index (χ4v) is 1.54. The van der Waals surface area contributed by atoms with Gasteiger partial charge in [-0.15, -0.1) is 0 Å². The van der Waals surface area contributed by atoms with E-state index in [0.717, 1.165) is 0 Å². The fraction of sp³-hybridized carbons (Fsp3) is 0.667. The molecule has 1 atom stereocenters. The first-order valence-corrected chi connectivity index (χ1v) is 6.75. The second-order valence-electron chi connectivity index (χ2n) is 4.43. The minimum Gasteiger partial charge on any atom is -0.464 e. The molecule has 0 spiro atoms. The van der Waals surface area contributed by atoms with E-state index in [2.05, 4.69) is 19.9 Å². The van der Waals surface area contributed by atoms with Gasteiger partial charge in [0.25, 0.3) is 0 Å². The smallest absolute Gasteiger partial charge is 0.340 e. The van der Waals surface area contributed by atoms with Crippen molar-refractivity contribution in [2.24, 2.45) is 5.92 Å². The van der Waals surface area contributed by atoms with Crippen LogP contribution in [-0.4, -0.2) is 31.2 Å². The van der Waals surface area contributed by atoms with Crippen molar-refractivity contribution in [2.75, 3.05) is 13.2 Å². The van der Waals surface area contributed by atoms with E-state index in [1.807, 2.05) is 12.0 Å². The molecule has 0 bridgehead atoms. The van der Waals surface area contributed by atoms with Crippen LogP contribution in [0.3, 0.4) is 0 Å². The summed E-state index contributed by atoms with van der Waals surface area (Å²) in [6, 6.07) is 0. The van der Waals surface area contributed by atoms with E-state index in [1.54, 1.807) is 13.8 Å². The number of rotatable bonds is 9. The van der Waals surface area contributed by atoms with Gasteiger partial charge in [0, 0.05) is 6.61 Å². The molecule has 0 fully saturated rings. The minimum absolute atomic E-state index is 0.266. The maximum Gasteiger partial charge on any atom is 0.340 e. The van der Waals surface area contributed by atoms with Gasteiger partial charge < -0.3 is 9.47 Å². The van der Waals surface area contributed by atoms with Crippen LogP contribution >= 0.6 is 0 Å². The van der Waals surface area contributed by atoms with Crippen molar-refractivity contribution >= 4 is 11.9 Å². The summed E-state index contributed by atoms with van der Waals surface area (Å²) in [5.41, 5.74) is 0.314. The Kier molecular flexibility index (Phi) is 9.77. The third-order valence-electron chi connectivity index (χ3n) is 2.38. The highest BCUT2D eigenvalue weighted by Crippen LogP contribution is 2.13. The number of allylic oxidation sites excluding steroid dienone is 2. The number of hydrogen-bond acceptors (Lipinski definition) is 4. The molecule has 0 aliphatic heterocycles. The average Bonchev–Trinajstić information content (AvgIpc) is 2.37. The van der Waals surface area contributed by atoms with E-state index in [-0.39, 0.29) is 6.61 Å². The van der Waals surface area contributed by atoms with Gasteiger partial charge in [-0.05, 0) is 32.6 Å². The maximum atomic E-state index is 11.7. The van der Waals surface area contributed by atoms with Gasteiger partial charge in [0.05, 0.1) is 12.2 Å². The molecule has 1 unspecified atom stereocenters. The van der Waals surface area contributed by atoms with Crippen LogP contribution in [0, 0.1) is 5.92 Å². The molecule has 108 valence electrons. The second kappa shape index (κ2) is 10.5. The van der Waals surface area contributed by atoms with Crippen molar-refractivity contribution in [2.45, 2.75) is 46.6 Å². The van der Waals surface area contributed by atoms with Crippen molar-refractivity contribution in [3.63, 3.8) is 0 Å². The number of esters is 1. The Morgan fingerprint density at radius 2 is 1.95 bits per heavy atom. The summed E-state index contributed by atoms with van der Waals surface area (Å²) in [7, 11) is 0. The van der Waals surface area contributed by atoms with E-state index < -0.39 is 12.1 Å². The zero-order valence-corrected chi connectivity index (χ0v) is 12.3. The highest BCUT2D eigenvalue weighted by molar-refractivity contribution is 5.81. The Bertz CT molecular complexity index is 338. The van der Waals surface area contributed by atoms with Crippen molar-refractivity contribution in [1.82, 2.24) is 0 Å². The van der Waals surface area contributed by atoms with E-state index in [1.165, 1.54) is 0 Å². The molecule has 0 aliphatic rings. The molecule has 19 heavy (non-hydrogen) atoms. The highest BCUT2D eigenvalue weighted by Gasteiger charge is 2.25. The molecule has 0 saturated heterocycles. The predicted octanol–water partition coefficient (Wildman–Crippen LogP) is 2.71. The molecule has 0 saturated carbocycles. The number of carbonyl (C=O) groups is 1. The van der Waals surface area contributed by atoms with Gasteiger partial charge in [-0.25, -0.2) is 9.59 Å². The van der Waals surface area contributed by atoms with Crippen LogP contribution in [0.4, 0.5) is 0 Å². The number of ether oxygens (including phenoxy) is 2. The predicted molar refractivity (Wildman–Crippen MR) is 74.5 cm³/mol. The molecule has 4 heteroatoms. The lowest BCUT2D eigenvalue weighted by molar-refractivity contribution is -0.153. The van der Waals surface area contributed by atoms with Crippen LogP contribution in [0.1, 0.15) is 40.5 Å². The van der Waals surface area contributed by atoms with Crippen molar-refractivity contribution in [3.05, 3.63) is 17.7 Å². The molecule has 0 aromatic rings. The van der Waals surface area contributed by atoms with Gasteiger partial charge in [0.15, 0.2) is 6.10 Å². The van der Waals surface area contributed by atoms with Crippen LogP contribution in [0.5, 0.6) is 0 Å². The standard InChI is InChI=1S/C15H24O4/c1-5-18-14(15(17)19-6-2)13(11-16)10-8-7-9-12(3)4/h7,9,12,14H,5-6,8,10H2,1-4H3. The topological polar surface area (TPSA) is 52.6 Å². The van der Waals surface area contributed by atoms with E-state index in [9.17, 15) is 9.59 Å². The van der Waals surface area contributed by atoms with E-state index in [4.69, 9.17) is 9.47 Å². The third-order valence-corrected chi connectivity index (χ3v) is 2.38. The van der Waals surface area contributed by atoms with Gasteiger partial charge in [-0.1, -0.05) is 26.0 Å². The molecule has 0 aromatic heterocycles. The van der Waals surface area contributed by atoms with Crippen molar-refractivity contribution < 1.29 is 19.1 Å². The van der Waals surface area contributed by atoms with E-state index >= 15 is 0 Å². The molecule has 0 aromatic carbocycles. The zero-order chi connectivity index (χ0) is 14.7. The molecule has 4 nitrogen and oxygen atoms in total. The molecule has 0 N–H and O–H groups in total. The summed E-state index contributed by atoms with van der Waals surface area (Å²) >= 11 is 0. The fourth-order valence-electron chi connectivity index (χ4n) is 1.54. The molecule has 0 radical (unpaired) electrons. The molecule has 0 rings (SSSR count). The molecule has 0 heterocycles. The first kappa shape index (κ1) is 17.6. The first-order valence-electron chi connectivity index (χ1n) is 6.75. The molecule has 0 amide bonds. The SMILES string of the molecule is CCOC(=O)C(OCC)C(=C=O)CCC=CC(C)C. The van der Waals surface area contributed by atoms with Crippen molar-refractivity contribution in [3.8, 4) is 0 Å². The Balaban J connectivity index is 4.59. The lowest BCUT2D eigenvalue weighted by atomic mass is 10.0. The van der Waals surface area contributed by atoms with Crippen molar-refractivity contribution in [1.29, 1.82) is 0 Å². The summed E-state index contributed by atoms with van der Waals surface area (Å²) < 4.78 is 10.2. The monoisotopic (exact) mass is 268 g/mol. The lowest BCUT2D eigenvalue weighted by Gasteiger charge is -2.15. The summed E-state index contributed by atoms with van der Waals surface area (Å²) in [5.74, 6) is 1.77. The zero-order valence-electron chi connectivity index (χ0n) is 12.3. The lowest BCUT2D eigenvalue weighted by Crippen LogP contribution is -2.29. The summed E-state index contributed by atoms with van der Waals surface area (Å²) in [6.45, 7) is 8.26. The number of carbonyl (C=O) groups excluding carboxylic acids is 2. The molecule has 0 aliphatic carbocycles. The van der Waals surface area contributed by atoms with Crippen LogP contribution < -0.4 is 0 Å². The second-order valence-corrected chi connectivity index (χ2v) is 4.43. The van der Waals surface area contributed by atoms with Gasteiger partial charge >= 0.3 is 5.97 Å². The summed E-state index contributed by atoms with van der Waals surface area (Å²) in [6.07, 6.45) is 4.27. The maximum absolute atomic E-state index is 11.7. The van der Waals surface area contributed by atoms with Crippen LogP contribution in [-0.2, 0) is 19.1 Å². The third kappa shape index (κ3) is 7.60. The molecular formula is C15H24O4. The Morgan fingerprint density at radius 3 is 2.42 bits per heavy atom. The Hall–Kier alpha value is -1.38. The average molecular weight is 268 g/mol. The number of hydrogen-bond donors (Lipinski definition) is 0. The largest absolute Gasteiger partial charge is 0.464 e. The van der Waals surface area contributed by atoms with Crippen LogP contribution in [0.15, 0.2) is 17.7 Å². The first-order chi connectivity index (χ1) is 9.06. The van der Waals surface area contributed by atoms with Crippen LogP contribution in [0.2, 0.25) is 0 Å².